The number of carbonyl (C=O) groups excluding carboxylic acids is 1. The van der Waals surface area contributed by atoms with Crippen LogP contribution in [0.2, 0.25) is 0 Å². The first-order valence-electron chi connectivity index (χ1n) is 5.24. The molecule has 0 aromatic carbocycles. The lowest BCUT2D eigenvalue weighted by molar-refractivity contribution is -0.142. The van der Waals surface area contributed by atoms with Gasteiger partial charge in [-0.25, -0.2) is 4.79 Å². The molecule has 0 aliphatic heterocycles. The first-order chi connectivity index (χ1) is 7.35. The van der Waals surface area contributed by atoms with E-state index in [1.807, 2.05) is 6.92 Å². The zero-order valence-corrected chi connectivity index (χ0v) is 10.0. The lowest BCUT2D eigenvalue weighted by atomic mass is 10.0. The molecule has 0 heterocycles. The van der Waals surface area contributed by atoms with Crippen LogP contribution >= 0.6 is 0 Å². The Morgan fingerprint density at radius 3 is 2.44 bits per heavy atom. The largest absolute Gasteiger partial charge is 0.480 e. The molecule has 0 saturated carbocycles. The minimum atomic E-state index is -1.06. The first kappa shape index (κ1) is 14.6. The maximum Gasteiger partial charge on any atom is 0.326 e. The summed E-state index contributed by atoms with van der Waals surface area (Å²) in [6.07, 6.45) is 1.68. The fourth-order valence-corrected chi connectivity index (χ4v) is 1.25. The van der Waals surface area contributed by atoms with Crippen molar-refractivity contribution in [2.75, 3.05) is 6.54 Å². The van der Waals surface area contributed by atoms with Gasteiger partial charge in [-0.1, -0.05) is 13.0 Å². The van der Waals surface area contributed by atoms with Crippen molar-refractivity contribution in [3.8, 4) is 0 Å². The van der Waals surface area contributed by atoms with Gasteiger partial charge in [-0.3, -0.25) is 4.79 Å². The molecule has 0 aliphatic carbocycles. The molecule has 0 aliphatic rings. The van der Waals surface area contributed by atoms with Crippen LogP contribution in [0, 0.1) is 0 Å². The Kier molecular flexibility index (Phi) is 5.74. The molecule has 0 radical (unpaired) electrons. The summed E-state index contributed by atoms with van der Waals surface area (Å²) in [5, 5.41) is 14.3. The third-order valence-electron chi connectivity index (χ3n) is 2.19. The van der Waals surface area contributed by atoms with E-state index in [1.165, 1.54) is 6.08 Å². The predicted molar refractivity (Wildman–Crippen MR) is 62.1 cm³/mol. The van der Waals surface area contributed by atoms with E-state index in [2.05, 4.69) is 17.2 Å². The van der Waals surface area contributed by atoms with Gasteiger partial charge < -0.3 is 15.7 Å². The van der Waals surface area contributed by atoms with Crippen LogP contribution < -0.4 is 10.6 Å². The number of carboxylic acids is 1. The molecule has 3 N–H and O–H groups in total. The van der Waals surface area contributed by atoms with Gasteiger partial charge in [0.25, 0.3) is 0 Å². The standard InChI is InChI=1S/C11H20N2O3/c1-5-7-8(9(14)15)13-10(16)11(3,4)12-6-2/h5,8,12H,1,6-7H2,2-4H3,(H,13,16)(H,14,15). The number of carbonyl (C=O) groups is 2. The van der Waals surface area contributed by atoms with Gasteiger partial charge in [-0.05, 0) is 26.8 Å². The molecule has 1 atom stereocenters. The maximum absolute atomic E-state index is 11.8. The van der Waals surface area contributed by atoms with E-state index in [9.17, 15) is 9.59 Å². The highest BCUT2D eigenvalue weighted by Gasteiger charge is 2.29. The SMILES string of the molecule is C=CCC(NC(=O)C(C)(C)NCC)C(=O)O. The van der Waals surface area contributed by atoms with Gasteiger partial charge >= 0.3 is 5.97 Å². The van der Waals surface area contributed by atoms with Crippen molar-refractivity contribution in [1.82, 2.24) is 10.6 Å². The zero-order chi connectivity index (χ0) is 12.8. The van der Waals surface area contributed by atoms with Gasteiger partial charge in [-0.2, -0.15) is 0 Å². The van der Waals surface area contributed by atoms with Crippen LogP contribution in [-0.4, -0.2) is 35.1 Å². The Labute approximate surface area is 95.9 Å². The summed E-state index contributed by atoms with van der Waals surface area (Å²) < 4.78 is 0. The smallest absolute Gasteiger partial charge is 0.326 e. The zero-order valence-electron chi connectivity index (χ0n) is 10.0. The fourth-order valence-electron chi connectivity index (χ4n) is 1.25. The summed E-state index contributed by atoms with van der Waals surface area (Å²) in [5.74, 6) is -1.39. The van der Waals surface area contributed by atoms with Crippen LogP contribution in [0.3, 0.4) is 0 Å². The summed E-state index contributed by atoms with van der Waals surface area (Å²) in [5.41, 5.74) is -0.774. The lowest BCUT2D eigenvalue weighted by Gasteiger charge is -2.26. The molecule has 0 rings (SSSR count). The summed E-state index contributed by atoms with van der Waals surface area (Å²) in [4.78, 5) is 22.6. The monoisotopic (exact) mass is 228 g/mol. The van der Waals surface area contributed by atoms with Gasteiger partial charge in [0.2, 0.25) is 5.91 Å². The minimum Gasteiger partial charge on any atom is -0.480 e. The number of aliphatic carboxylic acids is 1. The summed E-state index contributed by atoms with van der Waals surface area (Å²) >= 11 is 0. The van der Waals surface area contributed by atoms with E-state index in [4.69, 9.17) is 5.11 Å². The second-order valence-corrected chi connectivity index (χ2v) is 4.04. The Balaban J connectivity index is 4.50. The molecule has 5 nitrogen and oxygen atoms in total. The molecule has 92 valence electrons. The minimum absolute atomic E-state index is 0.212. The number of hydrogen-bond donors (Lipinski definition) is 3. The number of amides is 1. The van der Waals surface area contributed by atoms with Crippen LogP contribution in [0.5, 0.6) is 0 Å². The Morgan fingerprint density at radius 2 is 2.06 bits per heavy atom. The average molecular weight is 228 g/mol. The van der Waals surface area contributed by atoms with E-state index in [0.717, 1.165) is 0 Å². The van der Waals surface area contributed by atoms with Crippen molar-refractivity contribution in [1.29, 1.82) is 0 Å². The molecule has 5 heteroatoms. The average Bonchev–Trinajstić information content (AvgIpc) is 2.16. The molecule has 1 unspecified atom stereocenters. The molecule has 0 spiro atoms. The molecule has 0 aromatic heterocycles. The fraction of sp³-hybridized carbons (Fsp3) is 0.636. The maximum atomic E-state index is 11.8. The topological polar surface area (TPSA) is 78.4 Å². The summed E-state index contributed by atoms with van der Waals surface area (Å²) in [6, 6.07) is -0.914. The van der Waals surface area contributed by atoms with E-state index in [-0.39, 0.29) is 12.3 Å². The van der Waals surface area contributed by atoms with Crippen molar-refractivity contribution in [3.63, 3.8) is 0 Å². The van der Waals surface area contributed by atoms with Crippen LogP contribution in [0.4, 0.5) is 0 Å². The normalized spacial score (nSPS) is 12.9. The number of nitrogens with one attached hydrogen (secondary N) is 2. The molecular formula is C11H20N2O3. The highest BCUT2D eigenvalue weighted by Crippen LogP contribution is 2.04. The van der Waals surface area contributed by atoms with Crippen LogP contribution in [0.25, 0.3) is 0 Å². The second-order valence-electron chi connectivity index (χ2n) is 4.04. The van der Waals surface area contributed by atoms with Gasteiger partial charge in [0.15, 0.2) is 0 Å². The van der Waals surface area contributed by atoms with Crippen molar-refractivity contribution < 1.29 is 14.7 Å². The van der Waals surface area contributed by atoms with Crippen LogP contribution in [0.1, 0.15) is 27.2 Å². The van der Waals surface area contributed by atoms with E-state index >= 15 is 0 Å². The molecule has 0 saturated heterocycles. The summed E-state index contributed by atoms with van der Waals surface area (Å²) in [7, 11) is 0. The molecule has 16 heavy (non-hydrogen) atoms. The number of rotatable bonds is 7. The first-order valence-corrected chi connectivity index (χ1v) is 5.24. The van der Waals surface area contributed by atoms with Crippen molar-refractivity contribution in [2.45, 2.75) is 38.8 Å². The molecular weight excluding hydrogens is 208 g/mol. The Hall–Kier alpha value is -1.36. The van der Waals surface area contributed by atoms with Crippen molar-refractivity contribution in [3.05, 3.63) is 12.7 Å². The van der Waals surface area contributed by atoms with E-state index in [0.29, 0.717) is 6.54 Å². The quantitative estimate of drug-likeness (QED) is 0.555. The summed E-state index contributed by atoms with van der Waals surface area (Å²) in [6.45, 7) is 9.39. The van der Waals surface area contributed by atoms with Crippen LogP contribution in [-0.2, 0) is 9.59 Å². The predicted octanol–water partition coefficient (Wildman–Crippen LogP) is 0.520. The number of hydrogen-bond acceptors (Lipinski definition) is 3. The third-order valence-corrected chi connectivity index (χ3v) is 2.19. The van der Waals surface area contributed by atoms with E-state index < -0.39 is 17.6 Å². The van der Waals surface area contributed by atoms with E-state index in [1.54, 1.807) is 13.8 Å². The molecule has 0 fully saturated rings. The van der Waals surface area contributed by atoms with Gasteiger partial charge in [0.05, 0.1) is 5.54 Å². The highest BCUT2D eigenvalue weighted by molar-refractivity contribution is 5.89. The van der Waals surface area contributed by atoms with Gasteiger partial charge in [0.1, 0.15) is 6.04 Å². The number of carboxylic acid groups (broad SMARTS) is 1. The molecule has 0 bridgehead atoms. The molecule has 1 amide bonds. The number of likely N-dealkylation sites (N-methyl/N-ethyl adjacent to an activating group) is 1. The van der Waals surface area contributed by atoms with Gasteiger partial charge in [0, 0.05) is 0 Å². The second kappa shape index (κ2) is 6.27. The molecule has 0 aromatic rings. The lowest BCUT2D eigenvalue weighted by Crippen LogP contribution is -2.56. The third kappa shape index (κ3) is 4.44. The van der Waals surface area contributed by atoms with Gasteiger partial charge in [-0.15, -0.1) is 6.58 Å². The Bertz CT molecular complexity index is 274. The van der Waals surface area contributed by atoms with Crippen molar-refractivity contribution in [2.24, 2.45) is 0 Å². The Morgan fingerprint density at radius 1 is 1.50 bits per heavy atom. The van der Waals surface area contributed by atoms with Crippen molar-refractivity contribution >= 4 is 11.9 Å². The van der Waals surface area contributed by atoms with Crippen LogP contribution in [0.15, 0.2) is 12.7 Å². The highest BCUT2D eigenvalue weighted by atomic mass is 16.4.